The zero-order chi connectivity index (χ0) is 9.84. The summed E-state index contributed by atoms with van der Waals surface area (Å²) in [5.74, 6) is 0.122. The summed E-state index contributed by atoms with van der Waals surface area (Å²) in [7, 11) is 1.35. The van der Waals surface area contributed by atoms with Crippen molar-refractivity contribution >= 4 is 11.8 Å². The van der Waals surface area contributed by atoms with Gasteiger partial charge in [0.1, 0.15) is 5.82 Å². The highest BCUT2D eigenvalue weighted by molar-refractivity contribution is 5.72. The molecule has 0 aliphatic heterocycles. The Balaban J connectivity index is 2.83. The molecule has 0 saturated carbocycles. The summed E-state index contributed by atoms with van der Waals surface area (Å²) in [5.41, 5.74) is 7.15. The molecule has 4 heteroatoms. The molecular weight excluding hydrogens is 168 g/mol. The van der Waals surface area contributed by atoms with Gasteiger partial charge in [-0.1, -0.05) is 0 Å². The van der Waals surface area contributed by atoms with E-state index < -0.39 is 0 Å². The average Bonchev–Trinajstić information content (AvgIpc) is 2.02. The van der Waals surface area contributed by atoms with Crippen LogP contribution in [-0.4, -0.2) is 18.1 Å². The third-order valence-electron chi connectivity index (χ3n) is 1.60. The topological polar surface area (TPSA) is 65.2 Å². The van der Waals surface area contributed by atoms with Gasteiger partial charge in [-0.2, -0.15) is 0 Å². The van der Waals surface area contributed by atoms with E-state index in [1.54, 1.807) is 6.07 Å². The molecular formula is C9H12N2O2. The first-order valence-electron chi connectivity index (χ1n) is 3.91. The van der Waals surface area contributed by atoms with E-state index in [1.165, 1.54) is 7.11 Å². The van der Waals surface area contributed by atoms with Crippen LogP contribution in [0.25, 0.3) is 0 Å². The molecule has 0 aliphatic rings. The fourth-order valence-electron chi connectivity index (χ4n) is 1.08. The number of pyridine rings is 1. The number of carbonyl (C=O) groups excluding carboxylic acids is 1. The third kappa shape index (κ3) is 2.74. The maximum Gasteiger partial charge on any atom is 0.311 e. The molecule has 0 aliphatic carbocycles. The Bertz CT molecular complexity index is 303. The van der Waals surface area contributed by atoms with Gasteiger partial charge in [-0.05, 0) is 24.6 Å². The van der Waals surface area contributed by atoms with Crippen LogP contribution in [0.15, 0.2) is 12.1 Å². The van der Waals surface area contributed by atoms with Gasteiger partial charge in [0.25, 0.3) is 0 Å². The number of aromatic nitrogens is 1. The number of nitrogens with zero attached hydrogens (tertiary/aromatic N) is 1. The van der Waals surface area contributed by atoms with Gasteiger partial charge in [-0.25, -0.2) is 4.98 Å². The molecule has 0 saturated heterocycles. The maximum atomic E-state index is 10.9. The van der Waals surface area contributed by atoms with Gasteiger partial charge in [0.2, 0.25) is 0 Å². The Morgan fingerprint density at radius 1 is 1.62 bits per heavy atom. The lowest BCUT2D eigenvalue weighted by molar-refractivity contribution is -0.139. The van der Waals surface area contributed by atoms with Crippen LogP contribution >= 0.6 is 0 Å². The normalized spacial score (nSPS) is 9.69. The number of methoxy groups -OCH3 is 1. The Hall–Kier alpha value is -1.58. The molecule has 0 spiro atoms. The molecule has 0 radical (unpaired) electrons. The molecule has 0 fully saturated rings. The van der Waals surface area contributed by atoms with Crippen LogP contribution in [-0.2, 0) is 16.0 Å². The summed E-state index contributed by atoms with van der Waals surface area (Å²) in [6.07, 6.45) is 0.169. The second-order valence-corrected chi connectivity index (χ2v) is 2.81. The largest absolute Gasteiger partial charge is 0.469 e. The van der Waals surface area contributed by atoms with E-state index in [0.29, 0.717) is 11.5 Å². The maximum absolute atomic E-state index is 10.9. The van der Waals surface area contributed by atoms with Gasteiger partial charge in [0, 0.05) is 0 Å². The van der Waals surface area contributed by atoms with Crippen LogP contribution < -0.4 is 5.73 Å². The summed E-state index contributed by atoms with van der Waals surface area (Å²) < 4.78 is 4.51. The lowest BCUT2D eigenvalue weighted by Gasteiger charge is -2.02. The number of ether oxygens (including phenoxy) is 1. The number of rotatable bonds is 2. The molecule has 0 bridgehead atoms. The quantitative estimate of drug-likeness (QED) is 0.680. The molecule has 2 N–H and O–H groups in total. The van der Waals surface area contributed by atoms with Crippen LogP contribution in [0.3, 0.4) is 0 Å². The van der Waals surface area contributed by atoms with Crippen LogP contribution in [0.4, 0.5) is 5.82 Å². The van der Waals surface area contributed by atoms with E-state index in [2.05, 4.69) is 9.72 Å². The van der Waals surface area contributed by atoms with E-state index >= 15 is 0 Å². The second kappa shape index (κ2) is 3.89. The molecule has 0 atom stereocenters. The number of anilines is 1. The summed E-state index contributed by atoms with van der Waals surface area (Å²) in [6.45, 7) is 1.90. The third-order valence-corrected chi connectivity index (χ3v) is 1.60. The van der Waals surface area contributed by atoms with Crippen LogP contribution in [0.1, 0.15) is 11.3 Å². The molecule has 13 heavy (non-hydrogen) atoms. The van der Waals surface area contributed by atoms with Crippen molar-refractivity contribution < 1.29 is 9.53 Å². The van der Waals surface area contributed by atoms with E-state index in [4.69, 9.17) is 5.73 Å². The highest BCUT2D eigenvalue weighted by Gasteiger charge is 2.04. The number of aryl methyl sites for hydroxylation is 1. The van der Waals surface area contributed by atoms with Crippen molar-refractivity contribution in [2.24, 2.45) is 0 Å². The smallest absolute Gasteiger partial charge is 0.311 e. The van der Waals surface area contributed by atoms with E-state index in [-0.39, 0.29) is 12.4 Å². The zero-order valence-electron chi connectivity index (χ0n) is 7.70. The summed E-state index contributed by atoms with van der Waals surface area (Å²) in [4.78, 5) is 14.9. The number of carbonyl (C=O) groups is 1. The van der Waals surface area contributed by atoms with Gasteiger partial charge in [0.05, 0.1) is 19.2 Å². The monoisotopic (exact) mass is 180 g/mol. The molecule has 4 nitrogen and oxygen atoms in total. The van der Waals surface area contributed by atoms with Crippen molar-refractivity contribution in [1.82, 2.24) is 4.98 Å². The Labute approximate surface area is 76.7 Å². The highest BCUT2D eigenvalue weighted by atomic mass is 16.5. The van der Waals surface area contributed by atoms with Crippen molar-refractivity contribution in [1.29, 1.82) is 0 Å². The number of nitrogen functional groups attached to an aromatic ring is 1. The first-order valence-corrected chi connectivity index (χ1v) is 3.91. The predicted octanol–water partition coefficient (Wildman–Crippen LogP) is 0.688. The lowest BCUT2D eigenvalue weighted by Crippen LogP contribution is -2.07. The van der Waals surface area contributed by atoms with Crippen molar-refractivity contribution in [3.05, 3.63) is 23.4 Å². The summed E-state index contributed by atoms with van der Waals surface area (Å²) >= 11 is 0. The van der Waals surface area contributed by atoms with Crippen molar-refractivity contribution in [2.75, 3.05) is 12.8 Å². The fraction of sp³-hybridized carbons (Fsp3) is 0.333. The minimum Gasteiger partial charge on any atom is -0.469 e. The summed E-state index contributed by atoms with van der Waals surface area (Å²) in [5, 5.41) is 0. The Morgan fingerprint density at radius 2 is 2.31 bits per heavy atom. The molecule has 1 aromatic rings. The van der Waals surface area contributed by atoms with Crippen molar-refractivity contribution in [2.45, 2.75) is 13.3 Å². The van der Waals surface area contributed by atoms with Gasteiger partial charge < -0.3 is 10.5 Å². The SMILES string of the molecule is COC(=O)Cc1cc(C)cc(N)n1. The van der Waals surface area contributed by atoms with E-state index in [1.807, 2.05) is 13.0 Å². The fourth-order valence-corrected chi connectivity index (χ4v) is 1.08. The van der Waals surface area contributed by atoms with Crippen LogP contribution in [0, 0.1) is 6.92 Å². The summed E-state index contributed by atoms with van der Waals surface area (Å²) in [6, 6.07) is 3.56. The molecule has 1 aromatic heterocycles. The average molecular weight is 180 g/mol. The Morgan fingerprint density at radius 3 is 2.85 bits per heavy atom. The minimum atomic E-state index is -0.308. The first kappa shape index (κ1) is 9.51. The number of hydrogen-bond acceptors (Lipinski definition) is 4. The van der Waals surface area contributed by atoms with Crippen LogP contribution in [0.5, 0.6) is 0 Å². The van der Waals surface area contributed by atoms with Crippen molar-refractivity contribution in [3.8, 4) is 0 Å². The molecule has 0 aromatic carbocycles. The number of nitrogens with two attached hydrogens (primary N) is 1. The predicted molar refractivity (Wildman–Crippen MR) is 49.1 cm³/mol. The standard InChI is InChI=1S/C9H12N2O2/c1-6-3-7(5-9(12)13-2)11-8(10)4-6/h3-4H,5H2,1-2H3,(H2,10,11). The molecule has 70 valence electrons. The van der Waals surface area contributed by atoms with Crippen molar-refractivity contribution in [3.63, 3.8) is 0 Å². The van der Waals surface area contributed by atoms with Gasteiger partial charge >= 0.3 is 5.97 Å². The first-order chi connectivity index (χ1) is 6.11. The highest BCUT2D eigenvalue weighted by Crippen LogP contribution is 2.07. The number of esters is 1. The number of hydrogen-bond donors (Lipinski definition) is 1. The zero-order valence-corrected chi connectivity index (χ0v) is 7.70. The molecule has 1 heterocycles. The molecule has 1 rings (SSSR count). The van der Waals surface area contributed by atoms with Crippen LogP contribution in [0.2, 0.25) is 0 Å². The van der Waals surface area contributed by atoms with Gasteiger partial charge in [0.15, 0.2) is 0 Å². The molecule has 0 unspecified atom stereocenters. The molecule has 0 amide bonds. The second-order valence-electron chi connectivity index (χ2n) is 2.81. The van der Waals surface area contributed by atoms with Gasteiger partial charge in [-0.3, -0.25) is 4.79 Å². The lowest BCUT2D eigenvalue weighted by atomic mass is 10.2. The van der Waals surface area contributed by atoms with E-state index in [9.17, 15) is 4.79 Å². The minimum absolute atomic E-state index is 0.169. The Kier molecular flexibility index (Phi) is 2.84. The van der Waals surface area contributed by atoms with Gasteiger partial charge in [-0.15, -0.1) is 0 Å². The van der Waals surface area contributed by atoms with E-state index in [0.717, 1.165) is 5.56 Å².